The van der Waals surface area contributed by atoms with Crippen LogP contribution in [0, 0.1) is 5.82 Å². The lowest BCUT2D eigenvalue weighted by molar-refractivity contribution is 0.458. The molecule has 66 valence electrons. The van der Waals surface area contributed by atoms with Gasteiger partial charge in [-0.15, -0.1) is 0 Å². The summed E-state index contributed by atoms with van der Waals surface area (Å²) in [5, 5.41) is 9.30. The Bertz CT molecular complexity index is 299. The Morgan fingerprint density at radius 3 is 2.50 bits per heavy atom. The maximum Gasteiger partial charge on any atom is 0.145 e. The SMILES string of the molecule is CC(Br)c1c(O)ccc(Br)c1F. The Morgan fingerprint density at radius 1 is 1.50 bits per heavy atom. The van der Waals surface area contributed by atoms with E-state index in [0.29, 0.717) is 4.47 Å². The molecule has 0 bridgehead atoms. The molecule has 1 rings (SSSR count). The van der Waals surface area contributed by atoms with E-state index in [4.69, 9.17) is 0 Å². The van der Waals surface area contributed by atoms with Crippen molar-refractivity contribution < 1.29 is 9.50 Å². The molecule has 0 aliphatic rings. The third-order valence-corrected chi connectivity index (χ3v) is 2.58. The van der Waals surface area contributed by atoms with Gasteiger partial charge in [0.05, 0.1) is 4.47 Å². The molecular weight excluding hydrogens is 291 g/mol. The van der Waals surface area contributed by atoms with Crippen molar-refractivity contribution in [3.63, 3.8) is 0 Å². The molecule has 0 aliphatic carbocycles. The first-order valence-electron chi connectivity index (χ1n) is 3.35. The molecule has 0 heterocycles. The van der Waals surface area contributed by atoms with Crippen LogP contribution < -0.4 is 0 Å². The summed E-state index contributed by atoms with van der Waals surface area (Å²) in [5.74, 6) is -0.445. The van der Waals surface area contributed by atoms with E-state index in [2.05, 4.69) is 31.9 Å². The van der Waals surface area contributed by atoms with Gasteiger partial charge in [-0.1, -0.05) is 15.9 Å². The minimum atomic E-state index is -0.417. The van der Waals surface area contributed by atoms with Gasteiger partial charge < -0.3 is 5.11 Å². The van der Waals surface area contributed by atoms with Gasteiger partial charge in [0.25, 0.3) is 0 Å². The van der Waals surface area contributed by atoms with Crippen molar-refractivity contribution in [3.8, 4) is 5.75 Å². The summed E-state index contributed by atoms with van der Waals surface area (Å²) in [5.41, 5.74) is 0.282. The van der Waals surface area contributed by atoms with Crippen molar-refractivity contribution in [2.45, 2.75) is 11.8 Å². The van der Waals surface area contributed by atoms with Gasteiger partial charge in [-0.05, 0) is 35.0 Å². The fraction of sp³-hybridized carbons (Fsp3) is 0.250. The number of hydrogen-bond acceptors (Lipinski definition) is 1. The Morgan fingerprint density at radius 2 is 2.08 bits per heavy atom. The van der Waals surface area contributed by atoms with E-state index < -0.39 is 5.82 Å². The highest BCUT2D eigenvalue weighted by Gasteiger charge is 2.15. The van der Waals surface area contributed by atoms with Crippen LogP contribution in [0.2, 0.25) is 0 Å². The average Bonchev–Trinajstić information content (AvgIpc) is 1.97. The van der Waals surface area contributed by atoms with Crippen LogP contribution in [-0.2, 0) is 0 Å². The third-order valence-electron chi connectivity index (χ3n) is 1.51. The van der Waals surface area contributed by atoms with Gasteiger partial charge in [0.15, 0.2) is 0 Å². The molecule has 1 aromatic carbocycles. The second-order valence-electron chi connectivity index (χ2n) is 2.41. The van der Waals surface area contributed by atoms with Crippen molar-refractivity contribution in [1.29, 1.82) is 0 Å². The second-order valence-corrected chi connectivity index (χ2v) is 4.64. The molecule has 1 unspecified atom stereocenters. The summed E-state index contributed by atoms with van der Waals surface area (Å²) in [4.78, 5) is -0.199. The molecule has 1 aromatic rings. The maximum atomic E-state index is 13.3. The average molecular weight is 298 g/mol. The van der Waals surface area contributed by atoms with Crippen LogP contribution in [0.5, 0.6) is 5.75 Å². The zero-order chi connectivity index (χ0) is 9.30. The van der Waals surface area contributed by atoms with Crippen molar-refractivity contribution in [2.24, 2.45) is 0 Å². The lowest BCUT2D eigenvalue weighted by Crippen LogP contribution is -1.92. The number of halogens is 3. The number of phenolic OH excluding ortho intramolecular Hbond substituents is 1. The van der Waals surface area contributed by atoms with Gasteiger partial charge in [-0.2, -0.15) is 0 Å². The first-order chi connectivity index (χ1) is 5.54. The van der Waals surface area contributed by atoms with Crippen LogP contribution in [0.1, 0.15) is 17.3 Å². The predicted octanol–water partition coefficient (Wildman–Crippen LogP) is 3.75. The Kier molecular flexibility index (Phi) is 3.12. The molecular formula is C8H7Br2FO. The zero-order valence-corrected chi connectivity index (χ0v) is 9.49. The molecule has 1 atom stereocenters. The highest BCUT2D eigenvalue weighted by molar-refractivity contribution is 9.10. The minimum Gasteiger partial charge on any atom is -0.508 e. The lowest BCUT2D eigenvalue weighted by Gasteiger charge is -2.08. The molecule has 12 heavy (non-hydrogen) atoms. The molecule has 0 saturated heterocycles. The molecule has 4 heteroatoms. The van der Waals surface area contributed by atoms with Crippen molar-refractivity contribution >= 4 is 31.9 Å². The standard InChI is InChI=1S/C8H7Br2FO/c1-4(9)7-6(12)3-2-5(10)8(7)11/h2-4,12H,1H3. The Labute approximate surface area is 86.9 Å². The number of benzene rings is 1. The van der Waals surface area contributed by atoms with E-state index in [0.717, 1.165) is 0 Å². The highest BCUT2D eigenvalue weighted by atomic mass is 79.9. The van der Waals surface area contributed by atoms with Gasteiger partial charge >= 0.3 is 0 Å². The van der Waals surface area contributed by atoms with Gasteiger partial charge in [0.2, 0.25) is 0 Å². The molecule has 0 radical (unpaired) electrons. The molecule has 0 saturated carbocycles. The molecule has 0 aliphatic heterocycles. The van der Waals surface area contributed by atoms with Gasteiger partial charge in [-0.3, -0.25) is 0 Å². The van der Waals surface area contributed by atoms with E-state index in [1.807, 2.05) is 0 Å². The highest BCUT2D eigenvalue weighted by Crippen LogP contribution is 2.35. The topological polar surface area (TPSA) is 20.2 Å². The monoisotopic (exact) mass is 296 g/mol. The van der Waals surface area contributed by atoms with Crippen molar-refractivity contribution in [3.05, 3.63) is 28.0 Å². The minimum absolute atomic E-state index is 0.0277. The van der Waals surface area contributed by atoms with Gasteiger partial charge in [0.1, 0.15) is 11.6 Å². The molecule has 0 amide bonds. The molecule has 0 aromatic heterocycles. The van der Waals surface area contributed by atoms with Crippen LogP contribution in [0.4, 0.5) is 4.39 Å². The van der Waals surface area contributed by atoms with Crippen LogP contribution >= 0.6 is 31.9 Å². The number of rotatable bonds is 1. The van der Waals surface area contributed by atoms with Gasteiger partial charge in [0, 0.05) is 10.4 Å². The quantitative estimate of drug-likeness (QED) is 0.783. The molecule has 1 N–H and O–H groups in total. The summed E-state index contributed by atoms with van der Waals surface area (Å²) >= 11 is 6.24. The summed E-state index contributed by atoms with van der Waals surface area (Å²) in [6.45, 7) is 1.75. The summed E-state index contributed by atoms with van der Waals surface area (Å²) in [6.07, 6.45) is 0. The number of hydrogen-bond donors (Lipinski definition) is 1. The maximum absolute atomic E-state index is 13.3. The Hall–Kier alpha value is -0.0900. The van der Waals surface area contributed by atoms with E-state index >= 15 is 0 Å². The second kappa shape index (κ2) is 3.75. The normalized spacial score (nSPS) is 13.0. The van der Waals surface area contributed by atoms with E-state index in [-0.39, 0.29) is 16.1 Å². The van der Waals surface area contributed by atoms with Crippen LogP contribution in [0.3, 0.4) is 0 Å². The lowest BCUT2D eigenvalue weighted by atomic mass is 10.1. The zero-order valence-electron chi connectivity index (χ0n) is 6.31. The Balaban J connectivity index is 3.33. The van der Waals surface area contributed by atoms with Crippen LogP contribution in [-0.4, -0.2) is 5.11 Å². The number of alkyl halides is 1. The van der Waals surface area contributed by atoms with E-state index in [9.17, 15) is 9.50 Å². The summed E-state index contributed by atoms with van der Waals surface area (Å²) in [7, 11) is 0. The molecule has 0 spiro atoms. The fourth-order valence-corrected chi connectivity index (χ4v) is 1.72. The number of phenols is 1. The smallest absolute Gasteiger partial charge is 0.145 e. The van der Waals surface area contributed by atoms with E-state index in [1.54, 1.807) is 6.92 Å². The first kappa shape index (κ1) is 9.99. The number of aromatic hydroxyl groups is 1. The first-order valence-corrected chi connectivity index (χ1v) is 5.06. The summed E-state index contributed by atoms with van der Waals surface area (Å²) in [6, 6.07) is 2.93. The summed E-state index contributed by atoms with van der Waals surface area (Å²) < 4.78 is 13.6. The van der Waals surface area contributed by atoms with Gasteiger partial charge in [-0.25, -0.2) is 4.39 Å². The fourth-order valence-electron chi connectivity index (χ4n) is 0.935. The van der Waals surface area contributed by atoms with Crippen LogP contribution in [0.25, 0.3) is 0 Å². The van der Waals surface area contributed by atoms with Crippen LogP contribution in [0.15, 0.2) is 16.6 Å². The van der Waals surface area contributed by atoms with E-state index in [1.165, 1.54) is 12.1 Å². The largest absolute Gasteiger partial charge is 0.508 e. The molecule has 1 nitrogen and oxygen atoms in total. The molecule has 0 fully saturated rings. The third kappa shape index (κ3) is 1.80. The predicted molar refractivity (Wildman–Crippen MR) is 53.1 cm³/mol. The van der Waals surface area contributed by atoms with Crippen molar-refractivity contribution in [2.75, 3.05) is 0 Å². The van der Waals surface area contributed by atoms with Crippen molar-refractivity contribution in [1.82, 2.24) is 0 Å².